The van der Waals surface area contributed by atoms with Crippen molar-refractivity contribution in [3.63, 3.8) is 0 Å². The average Bonchev–Trinajstić information content (AvgIpc) is 2.55. The van der Waals surface area contributed by atoms with Gasteiger partial charge < -0.3 is 15.3 Å². The van der Waals surface area contributed by atoms with Crippen LogP contribution in [-0.4, -0.2) is 35.1 Å². The molecule has 0 aliphatic heterocycles. The molecule has 0 fully saturated rings. The third-order valence-corrected chi connectivity index (χ3v) is 3.51. The average molecular weight is 308 g/mol. The Bertz CT molecular complexity index is 877. The Labute approximate surface area is 133 Å². The molecule has 3 aromatic rings. The van der Waals surface area contributed by atoms with Crippen molar-refractivity contribution in [3.05, 3.63) is 54.5 Å². The van der Waals surface area contributed by atoms with Crippen molar-refractivity contribution in [1.29, 1.82) is 0 Å². The van der Waals surface area contributed by atoms with Crippen LogP contribution in [0.4, 0.5) is 17.1 Å². The highest BCUT2D eigenvalue weighted by atomic mass is 16.4. The molecule has 2 aromatic heterocycles. The number of nitrogens with one attached hydrogen (secondary N) is 1. The second kappa shape index (κ2) is 5.92. The van der Waals surface area contributed by atoms with E-state index in [2.05, 4.69) is 15.3 Å². The highest BCUT2D eigenvalue weighted by Crippen LogP contribution is 2.28. The first kappa shape index (κ1) is 14.8. The number of aromatic carboxylic acids is 1. The highest BCUT2D eigenvalue weighted by Gasteiger charge is 2.07. The summed E-state index contributed by atoms with van der Waals surface area (Å²) >= 11 is 0. The minimum absolute atomic E-state index is 0.141. The summed E-state index contributed by atoms with van der Waals surface area (Å²) in [6, 6.07) is 9.42. The van der Waals surface area contributed by atoms with Gasteiger partial charge in [0.05, 0.1) is 23.0 Å². The molecule has 0 unspecified atom stereocenters. The largest absolute Gasteiger partial charge is 0.478 e. The molecule has 23 heavy (non-hydrogen) atoms. The van der Waals surface area contributed by atoms with Crippen LogP contribution in [0.1, 0.15) is 10.4 Å². The fraction of sp³-hybridized carbons (Fsp3) is 0.118. The normalized spacial score (nSPS) is 10.5. The third kappa shape index (κ3) is 3.06. The zero-order valence-corrected chi connectivity index (χ0v) is 12.8. The number of nitrogens with zero attached hydrogens (tertiary/aromatic N) is 3. The van der Waals surface area contributed by atoms with Gasteiger partial charge in [-0.1, -0.05) is 0 Å². The lowest BCUT2D eigenvalue weighted by Gasteiger charge is -2.15. The number of carboxylic acids is 1. The van der Waals surface area contributed by atoms with Gasteiger partial charge >= 0.3 is 5.97 Å². The summed E-state index contributed by atoms with van der Waals surface area (Å²) in [6.07, 6.45) is 4.63. The molecule has 0 atom stereocenters. The van der Waals surface area contributed by atoms with Gasteiger partial charge in [-0.15, -0.1) is 0 Å². The van der Waals surface area contributed by atoms with Crippen LogP contribution in [-0.2, 0) is 0 Å². The Morgan fingerprint density at radius 1 is 1.17 bits per heavy atom. The van der Waals surface area contributed by atoms with Gasteiger partial charge in [0.25, 0.3) is 0 Å². The fourth-order valence-corrected chi connectivity index (χ4v) is 2.30. The monoisotopic (exact) mass is 308 g/mol. The molecule has 1 aromatic carbocycles. The van der Waals surface area contributed by atoms with Gasteiger partial charge in [0.1, 0.15) is 0 Å². The van der Waals surface area contributed by atoms with Gasteiger partial charge in [-0.25, -0.2) is 4.79 Å². The van der Waals surface area contributed by atoms with E-state index in [1.165, 1.54) is 6.20 Å². The van der Waals surface area contributed by atoms with E-state index >= 15 is 0 Å². The predicted octanol–water partition coefficient (Wildman–Crippen LogP) is 3.14. The number of hydrogen-bond acceptors (Lipinski definition) is 5. The topological polar surface area (TPSA) is 78.4 Å². The molecule has 6 nitrogen and oxygen atoms in total. The first-order valence-corrected chi connectivity index (χ1v) is 7.06. The van der Waals surface area contributed by atoms with E-state index in [0.29, 0.717) is 5.69 Å². The van der Waals surface area contributed by atoms with E-state index in [9.17, 15) is 4.79 Å². The molecule has 0 saturated carbocycles. The summed E-state index contributed by atoms with van der Waals surface area (Å²) < 4.78 is 0. The van der Waals surface area contributed by atoms with Crippen molar-refractivity contribution in [2.45, 2.75) is 0 Å². The van der Waals surface area contributed by atoms with E-state index in [4.69, 9.17) is 5.11 Å². The maximum absolute atomic E-state index is 11.1. The molecule has 0 bridgehead atoms. The van der Waals surface area contributed by atoms with Gasteiger partial charge in [-0.3, -0.25) is 9.97 Å². The van der Waals surface area contributed by atoms with E-state index in [-0.39, 0.29) is 5.56 Å². The zero-order valence-electron chi connectivity index (χ0n) is 12.8. The summed E-state index contributed by atoms with van der Waals surface area (Å²) in [5, 5.41) is 13.2. The lowest BCUT2D eigenvalue weighted by atomic mass is 10.1. The minimum Gasteiger partial charge on any atom is -0.478 e. The maximum atomic E-state index is 11.1. The van der Waals surface area contributed by atoms with Crippen LogP contribution in [0.15, 0.2) is 48.9 Å². The zero-order chi connectivity index (χ0) is 16.4. The third-order valence-electron chi connectivity index (χ3n) is 3.51. The van der Waals surface area contributed by atoms with Crippen LogP contribution < -0.4 is 10.2 Å². The van der Waals surface area contributed by atoms with Crippen LogP contribution in [0.25, 0.3) is 10.9 Å². The Hall–Kier alpha value is -3.15. The van der Waals surface area contributed by atoms with Crippen molar-refractivity contribution in [2.75, 3.05) is 24.3 Å². The summed E-state index contributed by atoms with van der Waals surface area (Å²) in [6.45, 7) is 0. The number of carboxylic acid groups (broad SMARTS) is 1. The second-order valence-corrected chi connectivity index (χ2v) is 5.35. The van der Waals surface area contributed by atoms with Crippen molar-refractivity contribution >= 4 is 33.9 Å². The smallest absolute Gasteiger partial charge is 0.337 e. The highest BCUT2D eigenvalue weighted by molar-refractivity contribution is 5.95. The summed E-state index contributed by atoms with van der Waals surface area (Å²) in [5.74, 6) is -1.00. The molecule has 0 amide bonds. The number of rotatable bonds is 4. The predicted molar refractivity (Wildman–Crippen MR) is 90.5 cm³/mol. The number of pyridine rings is 2. The molecule has 0 aliphatic rings. The van der Waals surface area contributed by atoms with Crippen molar-refractivity contribution in [3.8, 4) is 0 Å². The molecule has 0 radical (unpaired) electrons. The van der Waals surface area contributed by atoms with Crippen molar-refractivity contribution in [1.82, 2.24) is 9.97 Å². The van der Waals surface area contributed by atoms with Gasteiger partial charge in [-0.05, 0) is 30.3 Å². The van der Waals surface area contributed by atoms with Gasteiger partial charge in [-0.2, -0.15) is 0 Å². The number of benzene rings is 1. The molecule has 3 rings (SSSR count). The number of carbonyl (C=O) groups is 1. The lowest BCUT2D eigenvalue weighted by Crippen LogP contribution is -2.08. The van der Waals surface area contributed by atoms with E-state index < -0.39 is 5.97 Å². The summed E-state index contributed by atoms with van der Waals surface area (Å²) in [4.78, 5) is 21.4. The first-order valence-electron chi connectivity index (χ1n) is 7.06. The fourth-order valence-electron chi connectivity index (χ4n) is 2.30. The minimum atomic E-state index is -1.00. The number of anilines is 3. The molecule has 0 saturated heterocycles. The molecular weight excluding hydrogens is 292 g/mol. The van der Waals surface area contributed by atoms with Gasteiger partial charge in [0, 0.05) is 43.3 Å². The molecule has 6 heteroatoms. The van der Waals surface area contributed by atoms with Crippen LogP contribution in [0, 0.1) is 0 Å². The quantitative estimate of drug-likeness (QED) is 0.771. The second-order valence-electron chi connectivity index (χ2n) is 5.35. The van der Waals surface area contributed by atoms with E-state index in [1.807, 2.05) is 43.3 Å². The number of aromatic nitrogens is 2. The molecule has 116 valence electrons. The summed E-state index contributed by atoms with van der Waals surface area (Å²) in [5.41, 5.74) is 3.53. The van der Waals surface area contributed by atoms with Gasteiger partial charge in [0.2, 0.25) is 0 Å². The van der Waals surface area contributed by atoms with Crippen LogP contribution in [0.2, 0.25) is 0 Å². The SMILES string of the molecule is CN(C)c1ccc2nccc(Nc3cncc(C(=O)O)c3)c2c1. The van der Waals surface area contributed by atoms with Crippen LogP contribution >= 0.6 is 0 Å². The molecular formula is C17H16N4O2. The standard InChI is InChI=1S/C17H16N4O2/c1-21(2)13-3-4-15-14(8-13)16(5-6-19-15)20-12-7-11(17(22)23)9-18-10-12/h3-10H,1-2H3,(H,19,20)(H,22,23). The van der Waals surface area contributed by atoms with E-state index in [0.717, 1.165) is 22.3 Å². The molecule has 2 heterocycles. The van der Waals surface area contributed by atoms with Gasteiger partial charge in [0.15, 0.2) is 0 Å². The Morgan fingerprint density at radius 2 is 2.00 bits per heavy atom. The van der Waals surface area contributed by atoms with Crippen LogP contribution in [0.3, 0.4) is 0 Å². The van der Waals surface area contributed by atoms with E-state index in [1.54, 1.807) is 18.5 Å². The molecule has 0 spiro atoms. The summed E-state index contributed by atoms with van der Waals surface area (Å²) in [7, 11) is 3.95. The Kier molecular flexibility index (Phi) is 3.80. The Morgan fingerprint density at radius 3 is 2.74 bits per heavy atom. The van der Waals surface area contributed by atoms with Crippen molar-refractivity contribution < 1.29 is 9.90 Å². The van der Waals surface area contributed by atoms with Crippen LogP contribution in [0.5, 0.6) is 0 Å². The molecule has 0 aliphatic carbocycles. The first-order chi connectivity index (χ1) is 11.0. The Balaban J connectivity index is 2.04. The lowest BCUT2D eigenvalue weighted by molar-refractivity contribution is 0.0696. The maximum Gasteiger partial charge on any atom is 0.337 e. The number of hydrogen-bond donors (Lipinski definition) is 2. The number of fused-ring (bicyclic) bond motifs is 1. The molecule has 2 N–H and O–H groups in total. The van der Waals surface area contributed by atoms with Crippen molar-refractivity contribution in [2.24, 2.45) is 0 Å².